The zero-order valence-electron chi connectivity index (χ0n) is 17.9. The van der Waals surface area contributed by atoms with Crippen molar-refractivity contribution < 1.29 is 19.0 Å². The van der Waals surface area contributed by atoms with Gasteiger partial charge in [-0.2, -0.15) is 0 Å². The molecule has 6 nitrogen and oxygen atoms in total. The summed E-state index contributed by atoms with van der Waals surface area (Å²) < 4.78 is 19.2. The minimum Gasteiger partial charge on any atom is -0.494 e. The van der Waals surface area contributed by atoms with Gasteiger partial charge in [-0.05, 0) is 61.4 Å². The van der Waals surface area contributed by atoms with Crippen LogP contribution in [0.3, 0.4) is 0 Å². The normalized spacial score (nSPS) is 13.8. The van der Waals surface area contributed by atoms with E-state index in [1.165, 1.54) is 36.1 Å². The van der Waals surface area contributed by atoms with Crippen LogP contribution in [-0.2, 0) is 24.1 Å². The lowest BCUT2D eigenvalue weighted by atomic mass is 9.96. The Bertz CT molecular complexity index is 1100. The number of rotatable bonds is 9. The van der Waals surface area contributed by atoms with Crippen molar-refractivity contribution in [2.24, 2.45) is 0 Å². The smallest absolute Gasteiger partial charge is 0.304 e. The molecule has 3 aromatic rings. The van der Waals surface area contributed by atoms with Crippen LogP contribution in [0.2, 0.25) is 0 Å². The molecule has 168 valence electrons. The van der Waals surface area contributed by atoms with E-state index >= 15 is 0 Å². The van der Waals surface area contributed by atoms with Crippen LogP contribution in [0, 0.1) is 5.82 Å². The van der Waals surface area contributed by atoms with Crippen LogP contribution < -0.4 is 10.1 Å². The molecule has 0 spiro atoms. The Morgan fingerprint density at radius 2 is 2.09 bits per heavy atom. The number of carbonyl (C=O) groups is 1. The van der Waals surface area contributed by atoms with E-state index in [0.717, 1.165) is 55.9 Å². The number of benzene rings is 1. The van der Waals surface area contributed by atoms with Gasteiger partial charge in [-0.15, -0.1) is 11.3 Å². The van der Waals surface area contributed by atoms with Gasteiger partial charge < -0.3 is 15.2 Å². The highest BCUT2D eigenvalue weighted by Crippen LogP contribution is 2.33. The number of hydrogen-bond acceptors (Lipinski definition) is 6. The molecule has 4 rings (SSSR count). The lowest BCUT2D eigenvalue weighted by Crippen LogP contribution is -2.14. The Hall–Kier alpha value is -3.00. The molecule has 1 atom stereocenters. The summed E-state index contributed by atoms with van der Waals surface area (Å²) in [6.45, 7) is 0.973. The summed E-state index contributed by atoms with van der Waals surface area (Å²) in [6.07, 6.45) is 4.60. The van der Waals surface area contributed by atoms with Gasteiger partial charge in [0.1, 0.15) is 10.8 Å². The predicted molar refractivity (Wildman–Crippen MR) is 122 cm³/mol. The van der Waals surface area contributed by atoms with E-state index in [4.69, 9.17) is 9.72 Å². The maximum absolute atomic E-state index is 14.2. The van der Waals surface area contributed by atoms with Gasteiger partial charge in [0.2, 0.25) is 0 Å². The minimum absolute atomic E-state index is 0.133. The standard InChI is InChI=1S/C24H26FN3O3S/c1-31-21-10-8-16(12-20(21)25)19(13-22(29)30)24-28-18(14-32-24)6-2-5-17-9-7-15-4-3-11-26-23(15)27-17/h7-10,12,14,19H,2-6,11,13H2,1H3,(H,26,27)(H,29,30)/t19-/m0/s1. The number of aryl methyl sites for hydroxylation is 3. The first-order chi connectivity index (χ1) is 15.5. The van der Waals surface area contributed by atoms with Crippen LogP contribution >= 0.6 is 11.3 Å². The Kier molecular flexibility index (Phi) is 6.99. The van der Waals surface area contributed by atoms with Crippen molar-refractivity contribution in [2.75, 3.05) is 19.0 Å². The number of carboxylic acid groups (broad SMARTS) is 1. The molecule has 3 heterocycles. The number of thiazole rings is 1. The molecule has 1 aromatic carbocycles. The topological polar surface area (TPSA) is 84.3 Å². The second-order valence-electron chi connectivity index (χ2n) is 7.92. The summed E-state index contributed by atoms with van der Waals surface area (Å²) >= 11 is 1.42. The van der Waals surface area contributed by atoms with Gasteiger partial charge in [0.05, 0.1) is 19.2 Å². The second-order valence-corrected chi connectivity index (χ2v) is 8.81. The number of hydrogen-bond donors (Lipinski definition) is 2. The highest BCUT2D eigenvalue weighted by atomic mass is 32.1. The Labute approximate surface area is 190 Å². The average molecular weight is 456 g/mol. The van der Waals surface area contributed by atoms with Gasteiger partial charge in [-0.3, -0.25) is 4.79 Å². The Morgan fingerprint density at radius 1 is 1.25 bits per heavy atom. The van der Waals surface area contributed by atoms with E-state index in [9.17, 15) is 14.3 Å². The summed E-state index contributed by atoms with van der Waals surface area (Å²) in [5, 5.41) is 15.4. The fourth-order valence-corrected chi connectivity index (χ4v) is 4.96. The van der Waals surface area contributed by atoms with Crippen LogP contribution in [0.25, 0.3) is 0 Å². The molecule has 32 heavy (non-hydrogen) atoms. The molecule has 2 aromatic heterocycles. The van der Waals surface area contributed by atoms with E-state index < -0.39 is 17.7 Å². The molecule has 8 heteroatoms. The highest BCUT2D eigenvalue weighted by Gasteiger charge is 2.23. The van der Waals surface area contributed by atoms with Crippen LogP contribution in [0.1, 0.15) is 52.7 Å². The third kappa shape index (κ3) is 5.24. The van der Waals surface area contributed by atoms with E-state index in [1.807, 2.05) is 5.38 Å². The van der Waals surface area contributed by atoms with Crippen molar-refractivity contribution in [1.29, 1.82) is 0 Å². The van der Waals surface area contributed by atoms with Crippen LogP contribution in [0.5, 0.6) is 5.75 Å². The number of fused-ring (bicyclic) bond motifs is 1. The molecule has 0 aliphatic carbocycles. The minimum atomic E-state index is -0.949. The Morgan fingerprint density at radius 3 is 2.88 bits per heavy atom. The lowest BCUT2D eigenvalue weighted by molar-refractivity contribution is -0.137. The zero-order chi connectivity index (χ0) is 22.5. The number of methoxy groups -OCH3 is 1. The summed E-state index contributed by atoms with van der Waals surface area (Å²) in [5.41, 5.74) is 3.84. The number of halogens is 1. The quantitative estimate of drug-likeness (QED) is 0.481. The number of ether oxygens (including phenoxy) is 1. The molecule has 0 saturated carbocycles. The molecule has 0 radical (unpaired) electrons. The monoisotopic (exact) mass is 455 g/mol. The van der Waals surface area contributed by atoms with Crippen LogP contribution in [0.15, 0.2) is 35.7 Å². The van der Waals surface area contributed by atoms with E-state index in [0.29, 0.717) is 10.6 Å². The molecular weight excluding hydrogens is 429 g/mol. The van der Waals surface area contributed by atoms with Gasteiger partial charge in [-0.25, -0.2) is 14.4 Å². The fourth-order valence-electron chi connectivity index (χ4n) is 3.98. The van der Waals surface area contributed by atoms with E-state index in [1.54, 1.807) is 6.07 Å². The van der Waals surface area contributed by atoms with E-state index in [-0.39, 0.29) is 12.2 Å². The van der Waals surface area contributed by atoms with Crippen LogP contribution in [-0.4, -0.2) is 34.7 Å². The summed E-state index contributed by atoms with van der Waals surface area (Å²) in [5.74, 6) is -0.819. The van der Waals surface area contributed by atoms with Crippen LogP contribution in [0.4, 0.5) is 10.2 Å². The van der Waals surface area contributed by atoms with Gasteiger partial charge >= 0.3 is 5.97 Å². The van der Waals surface area contributed by atoms with Gasteiger partial charge in [0.25, 0.3) is 0 Å². The maximum atomic E-state index is 14.2. The van der Waals surface area contributed by atoms with Crippen molar-refractivity contribution in [3.05, 3.63) is 69.1 Å². The number of nitrogens with one attached hydrogen (secondary N) is 1. The molecule has 0 amide bonds. The third-order valence-corrected chi connectivity index (χ3v) is 6.65. The molecule has 1 aliphatic heterocycles. The largest absolute Gasteiger partial charge is 0.494 e. The number of aromatic nitrogens is 2. The van der Waals surface area contributed by atoms with Gasteiger partial charge in [0, 0.05) is 23.5 Å². The van der Waals surface area contributed by atoms with Gasteiger partial charge in [-0.1, -0.05) is 12.1 Å². The lowest BCUT2D eigenvalue weighted by Gasteiger charge is -2.17. The average Bonchev–Trinajstić information content (AvgIpc) is 3.26. The van der Waals surface area contributed by atoms with E-state index in [2.05, 4.69) is 22.4 Å². The molecule has 0 saturated heterocycles. The third-order valence-electron chi connectivity index (χ3n) is 5.64. The molecule has 2 N–H and O–H groups in total. The fraction of sp³-hybridized carbons (Fsp3) is 0.375. The van der Waals surface area contributed by atoms with Crippen molar-refractivity contribution in [3.8, 4) is 5.75 Å². The summed E-state index contributed by atoms with van der Waals surface area (Å²) in [6, 6.07) is 8.82. The summed E-state index contributed by atoms with van der Waals surface area (Å²) in [4.78, 5) is 20.9. The first-order valence-electron chi connectivity index (χ1n) is 10.8. The van der Waals surface area contributed by atoms with Crippen molar-refractivity contribution >= 4 is 23.1 Å². The molecule has 0 bridgehead atoms. The van der Waals surface area contributed by atoms with Gasteiger partial charge in [0.15, 0.2) is 11.6 Å². The molecule has 0 fully saturated rings. The number of anilines is 1. The number of carboxylic acids is 1. The highest BCUT2D eigenvalue weighted by molar-refractivity contribution is 7.09. The van der Waals surface area contributed by atoms with Crippen molar-refractivity contribution in [3.63, 3.8) is 0 Å². The van der Waals surface area contributed by atoms with Crippen molar-refractivity contribution in [1.82, 2.24) is 9.97 Å². The number of pyridine rings is 1. The first-order valence-corrected chi connectivity index (χ1v) is 11.6. The summed E-state index contributed by atoms with van der Waals surface area (Å²) in [7, 11) is 1.40. The molecular formula is C24H26FN3O3S. The first kappa shape index (κ1) is 22.2. The zero-order valence-corrected chi connectivity index (χ0v) is 18.8. The SMILES string of the molecule is COc1ccc([C@H](CC(=O)O)c2nc(CCCc3ccc4c(n3)NCCC4)cs2)cc1F. The molecule has 0 unspecified atom stereocenters. The number of nitrogens with zero attached hydrogens (tertiary/aromatic N) is 2. The Balaban J connectivity index is 1.42. The predicted octanol–water partition coefficient (Wildman–Crippen LogP) is 4.83. The molecule has 1 aliphatic rings. The van der Waals surface area contributed by atoms with Crippen molar-refractivity contribution in [2.45, 2.75) is 44.4 Å². The maximum Gasteiger partial charge on any atom is 0.304 e. The second kappa shape index (κ2) is 10.1. The number of aliphatic carboxylic acids is 1.